The number of nitrogens with zero attached hydrogens (tertiary/aromatic N) is 1. The summed E-state index contributed by atoms with van der Waals surface area (Å²) < 4.78 is 5.74. The van der Waals surface area contributed by atoms with Gasteiger partial charge in [0.1, 0.15) is 17.1 Å². The molecule has 2 N–H and O–H groups in total. The fourth-order valence-corrected chi connectivity index (χ4v) is 1.75. The van der Waals surface area contributed by atoms with Crippen molar-refractivity contribution in [3.05, 3.63) is 29.3 Å². The third kappa shape index (κ3) is 2.93. The number of fused-ring (bicyclic) bond motifs is 1. The van der Waals surface area contributed by atoms with E-state index in [2.05, 4.69) is 10.5 Å². The smallest absolute Gasteiger partial charge is 0.236 e. The molecule has 0 aliphatic carbocycles. The molecule has 100 valence electrons. The van der Waals surface area contributed by atoms with Gasteiger partial charge in [-0.25, -0.2) is 5.43 Å². The van der Waals surface area contributed by atoms with E-state index in [1.807, 2.05) is 26.0 Å². The molecule has 1 aliphatic rings. The molecule has 0 spiro atoms. The van der Waals surface area contributed by atoms with Crippen LogP contribution in [0.2, 0.25) is 0 Å². The molecular weight excluding hydrogens is 244 g/mol. The predicted octanol–water partition coefficient (Wildman–Crippen LogP) is 2.05. The topological polar surface area (TPSA) is 70.9 Å². The first-order chi connectivity index (χ1) is 8.89. The number of phenolic OH excluding ortho intramolecular Hbond substituents is 1. The van der Waals surface area contributed by atoms with E-state index in [0.717, 1.165) is 0 Å². The molecule has 0 radical (unpaired) electrons. The van der Waals surface area contributed by atoms with Gasteiger partial charge in [-0.15, -0.1) is 0 Å². The van der Waals surface area contributed by atoms with Crippen LogP contribution in [-0.2, 0) is 4.79 Å². The van der Waals surface area contributed by atoms with E-state index < -0.39 is 0 Å². The van der Waals surface area contributed by atoms with Crippen molar-refractivity contribution in [1.82, 2.24) is 5.43 Å². The number of carbonyl (C=O) groups is 1. The number of hydrogen-bond donors (Lipinski definition) is 2. The number of hydrazone groups is 1. The number of rotatable bonds is 2. The van der Waals surface area contributed by atoms with E-state index in [0.29, 0.717) is 16.9 Å². The lowest BCUT2D eigenvalue weighted by Gasteiger charge is -2.28. The number of hydrogen-bond acceptors (Lipinski definition) is 4. The molecule has 0 unspecified atom stereocenters. The Morgan fingerprint density at radius 1 is 1.47 bits per heavy atom. The minimum absolute atomic E-state index is 0.0818. The minimum atomic E-state index is -0.384. The number of phenols is 1. The van der Waals surface area contributed by atoms with Crippen LogP contribution in [0.4, 0.5) is 0 Å². The molecule has 1 aliphatic heterocycles. The van der Waals surface area contributed by atoms with Crippen molar-refractivity contribution in [2.75, 3.05) is 0 Å². The molecule has 0 saturated heterocycles. The van der Waals surface area contributed by atoms with Gasteiger partial charge >= 0.3 is 0 Å². The van der Waals surface area contributed by atoms with Crippen LogP contribution in [0.3, 0.4) is 0 Å². The highest BCUT2D eigenvalue weighted by molar-refractivity contribution is 5.88. The van der Waals surface area contributed by atoms with Gasteiger partial charge in [0.15, 0.2) is 0 Å². The molecule has 1 amide bonds. The zero-order chi connectivity index (χ0) is 14.0. The molecule has 2 rings (SSSR count). The highest BCUT2D eigenvalue weighted by Gasteiger charge is 2.23. The van der Waals surface area contributed by atoms with Gasteiger partial charge in [0, 0.05) is 12.5 Å². The summed E-state index contributed by atoms with van der Waals surface area (Å²) >= 11 is 0. The van der Waals surface area contributed by atoms with Gasteiger partial charge in [-0.1, -0.05) is 0 Å². The summed E-state index contributed by atoms with van der Waals surface area (Å²) in [6.07, 6.45) is 5.10. The Balaban J connectivity index is 2.31. The normalized spacial score (nSPS) is 15.9. The second kappa shape index (κ2) is 4.76. The van der Waals surface area contributed by atoms with Crippen LogP contribution in [0.5, 0.6) is 11.5 Å². The van der Waals surface area contributed by atoms with Crippen molar-refractivity contribution in [3.8, 4) is 11.5 Å². The van der Waals surface area contributed by atoms with Gasteiger partial charge in [-0.2, -0.15) is 5.10 Å². The lowest BCUT2D eigenvalue weighted by Crippen LogP contribution is -2.27. The number of benzene rings is 1. The Morgan fingerprint density at radius 2 is 2.21 bits per heavy atom. The average Bonchev–Trinajstić information content (AvgIpc) is 2.30. The Bertz CT molecular complexity index is 574. The number of nitrogens with one attached hydrogen (secondary N) is 1. The third-order valence-electron chi connectivity index (χ3n) is 2.66. The Morgan fingerprint density at radius 3 is 2.89 bits per heavy atom. The summed E-state index contributed by atoms with van der Waals surface area (Å²) in [4.78, 5) is 10.7. The van der Waals surface area contributed by atoms with Crippen molar-refractivity contribution in [3.63, 3.8) is 0 Å². The lowest BCUT2D eigenvalue weighted by atomic mass is 10.00. The van der Waals surface area contributed by atoms with E-state index in [1.54, 1.807) is 12.1 Å². The van der Waals surface area contributed by atoms with E-state index in [4.69, 9.17) is 4.74 Å². The minimum Gasteiger partial charge on any atom is -0.506 e. The van der Waals surface area contributed by atoms with Crippen LogP contribution in [-0.4, -0.2) is 22.8 Å². The van der Waals surface area contributed by atoms with Gasteiger partial charge in [0.25, 0.3) is 0 Å². The molecular formula is C14H16N2O3. The van der Waals surface area contributed by atoms with Crippen LogP contribution < -0.4 is 10.2 Å². The van der Waals surface area contributed by atoms with Crippen LogP contribution in [0.15, 0.2) is 23.3 Å². The molecule has 1 heterocycles. The molecule has 19 heavy (non-hydrogen) atoms. The lowest BCUT2D eigenvalue weighted by molar-refractivity contribution is -0.118. The molecule has 0 fully saturated rings. The number of carbonyl (C=O) groups excluding carboxylic acids is 1. The number of ether oxygens (including phenoxy) is 1. The van der Waals surface area contributed by atoms with Crippen LogP contribution in [0.1, 0.15) is 31.9 Å². The summed E-state index contributed by atoms with van der Waals surface area (Å²) in [5, 5.41) is 13.9. The Kier molecular flexibility index (Phi) is 3.29. The molecule has 1 aromatic rings. The van der Waals surface area contributed by atoms with Crippen molar-refractivity contribution >= 4 is 18.2 Å². The fourth-order valence-electron chi connectivity index (χ4n) is 1.75. The average molecular weight is 260 g/mol. The molecule has 0 bridgehead atoms. The number of amides is 1. The van der Waals surface area contributed by atoms with E-state index in [1.165, 1.54) is 13.1 Å². The van der Waals surface area contributed by atoms with Gasteiger partial charge in [-0.3, -0.25) is 4.79 Å². The number of aromatic hydroxyl groups is 1. The summed E-state index contributed by atoms with van der Waals surface area (Å²) in [6.45, 7) is 5.24. The second-order valence-corrected chi connectivity index (χ2v) is 4.88. The van der Waals surface area contributed by atoms with Gasteiger partial charge in [-0.05, 0) is 38.1 Å². The monoisotopic (exact) mass is 260 g/mol. The van der Waals surface area contributed by atoms with Crippen molar-refractivity contribution in [2.24, 2.45) is 5.10 Å². The van der Waals surface area contributed by atoms with Gasteiger partial charge in [0.05, 0.1) is 11.8 Å². The Hall–Kier alpha value is -2.30. The second-order valence-electron chi connectivity index (χ2n) is 4.88. The maximum atomic E-state index is 10.7. The molecule has 0 aromatic heterocycles. The summed E-state index contributed by atoms with van der Waals surface area (Å²) in [6, 6.07) is 3.46. The van der Waals surface area contributed by atoms with Gasteiger partial charge in [0.2, 0.25) is 5.91 Å². The molecule has 5 heteroatoms. The van der Waals surface area contributed by atoms with Crippen LogP contribution in [0.25, 0.3) is 6.08 Å². The van der Waals surface area contributed by atoms with E-state index in [-0.39, 0.29) is 17.3 Å². The molecule has 1 aromatic carbocycles. The van der Waals surface area contributed by atoms with Crippen LogP contribution >= 0.6 is 0 Å². The maximum Gasteiger partial charge on any atom is 0.236 e. The highest BCUT2D eigenvalue weighted by Crippen LogP contribution is 2.37. The zero-order valence-corrected chi connectivity index (χ0v) is 11.1. The molecule has 0 atom stereocenters. The molecule has 0 saturated carbocycles. The van der Waals surface area contributed by atoms with Gasteiger partial charge < -0.3 is 9.84 Å². The predicted molar refractivity (Wildman–Crippen MR) is 73.3 cm³/mol. The zero-order valence-electron chi connectivity index (χ0n) is 11.1. The Labute approximate surface area is 111 Å². The largest absolute Gasteiger partial charge is 0.506 e. The van der Waals surface area contributed by atoms with E-state index >= 15 is 0 Å². The van der Waals surface area contributed by atoms with E-state index in [9.17, 15) is 9.90 Å². The highest BCUT2D eigenvalue weighted by atomic mass is 16.5. The van der Waals surface area contributed by atoms with Crippen molar-refractivity contribution < 1.29 is 14.6 Å². The first-order valence-electron chi connectivity index (χ1n) is 5.93. The van der Waals surface area contributed by atoms with Crippen molar-refractivity contribution in [1.29, 1.82) is 0 Å². The summed E-state index contributed by atoms with van der Waals surface area (Å²) in [7, 11) is 0. The maximum absolute atomic E-state index is 10.7. The standard InChI is InChI=1S/C14H16N2O3/c1-9(17)16-15-8-10-4-5-12-11(13(10)18)6-7-14(2,3)19-12/h4-8,18H,1-3H3,(H,16,17)/b15-8+. The fraction of sp³-hybridized carbons (Fsp3) is 0.286. The quantitative estimate of drug-likeness (QED) is 0.631. The van der Waals surface area contributed by atoms with Crippen LogP contribution in [0, 0.1) is 0 Å². The van der Waals surface area contributed by atoms with Crippen molar-refractivity contribution in [2.45, 2.75) is 26.4 Å². The summed E-state index contributed by atoms with van der Waals surface area (Å²) in [5.41, 5.74) is 3.03. The molecule has 5 nitrogen and oxygen atoms in total. The SMILES string of the molecule is CC(=O)N/N=C/c1ccc2c(c1O)C=CC(C)(C)O2. The first kappa shape index (κ1) is 13.1. The summed E-state index contributed by atoms with van der Waals surface area (Å²) in [5.74, 6) is 0.443. The first-order valence-corrected chi connectivity index (χ1v) is 5.93. The third-order valence-corrected chi connectivity index (χ3v) is 2.66.